The Morgan fingerprint density at radius 2 is 1.67 bits per heavy atom. The SMILES string of the molecule is C#CCNC(=O)C(NC=O)c1ccc(C(N)(N)C(F)(F)F)cc1.C=O.CCCSCC.NC(CCC(=O)NNCC(=O)O)C(=O)O. The number of hydrazine groups is 1. The maximum atomic E-state index is 12.8. The van der Waals surface area contributed by atoms with E-state index >= 15 is 0 Å². The van der Waals surface area contributed by atoms with Crippen LogP contribution in [0, 0.1) is 12.3 Å². The highest BCUT2D eigenvalue weighted by Gasteiger charge is 2.50. The number of aliphatic carboxylic acids is 2. The molecular formula is C27H42F3N7O8S. The lowest BCUT2D eigenvalue weighted by atomic mass is 9.97. The number of rotatable bonds is 16. The summed E-state index contributed by atoms with van der Waals surface area (Å²) < 4.78 is 38.3. The topological polar surface area (TPSA) is 269 Å². The third-order valence-electron chi connectivity index (χ3n) is 5.07. The monoisotopic (exact) mass is 681 g/mol. The van der Waals surface area contributed by atoms with Gasteiger partial charge in [0.15, 0.2) is 5.66 Å². The standard InChI is InChI=1S/C14H15F3N4O2.C7H13N3O5.C5H12S.CH2O/c1-2-7-20-12(23)11(21-8-22)9-3-5-10(6-4-9)13(18,19)14(15,16)17;8-4(7(14)15)1-2-5(11)10-9-3-6(12)13;1-3-5-6-4-2;1-2/h1,3-6,8,11H,7,18-19H2,(H,20,23)(H,21,22);4,9H,1-3,8H2,(H,10,11)(H,12,13)(H,14,15);3-5H2,1-2H3;1H2. The van der Waals surface area contributed by atoms with Crippen LogP contribution in [0.25, 0.3) is 0 Å². The van der Waals surface area contributed by atoms with Gasteiger partial charge in [0, 0.05) is 6.42 Å². The van der Waals surface area contributed by atoms with Crippen molar-refractivity contribution in [2.75, 3.05) is 24.6 Å². The molecule has 0 spiro atoms. The molecule has 2 unspecified atom stereocenters. The number of terminal acetylenes is 1. The van der Waals surface area contributed by atoms with E-state index in [0.717, 1.165) is 12.1 Å². The largest absolute Gasteiger partial charge is 0.480 e. The normalized spacial score (nSPS) is 11.5. The van der Waals surface area contributed by atoms with Crippen molar-refractivity contribution in [2.45, 2.75) is 57.0 Å². The molecule has 0 aromatic heterocycles. The van der Waals surface area contributed by atoms with Crippen molar-refractivity contribution in [3.8, 4) is 12.3 Å². The fourth-order valence-electron chi connectivity index (χ4n) is 2.73. The Bertz CT molecular complexity index is 1100. The van der Waals surface area contributed by atoms with E-state index < -0.39 is 54.2 Å². The van der Waals surface area contributed by atoms with E-state index in [0.29, 0.717) is 6.41 Å². The number of alkyl halides is 3. The molecule has 2 atom stereocenters. The summed E-state index contributed by atoms with van der Waals surface area (Å²) in [4.78, 5) is 61.7. The van der Waals surface area contributed by atoms with Gasteiger partial charge >= 0.3 is 18.1 Å². The fourth-order valence-corrected chi connectivity index (χ4v) is 3.30. The summed E-state index contributed by atoms with van der Waals surface area (Å²) in [6.45, 7) is 5.94. The van der Waals surface area contributed by atoms with E-state index in [1.165, 1.54) is 30.1 Å². The Morgan fingerprint density at radius 3 is 2.07 bits per heavy atom. The van der Waals surface area contributed by atoms with Crippen LogP contribution >= 0.6 is 11.8 Å². The molecule has 0 saturated heterocycles. The molecule has 0 bridgehead atoms. The van der Waals surface area contributed by atoms with E-state index in [1.54, 1.807) is 0 Å². The first kappa shape index (κ1) is 46.2. The lowest BCUT2D eigenvalue weighted by Gasteiger charge is -2.28. The van der Waals surface area contributed by atoms with E-state index in [4.69, 9.17) is 38.6 Å². The van der Waals surface area contributed by atoms with Gasteiger partial charge < -0.3 is 42.8 Å². The fraction of sp³-hybridized carbons (Fsp3) is 0.481. The summed E-state index contributed by atoms with van der Waals surface area (Å²) in [5.41, 5.74) is 16.4. The third kappa shape index (κ3) is 20.7. The zero-order chi connectivity index (χ0) is 36.3. The number of carbonyl (C=O) groups excluding carboxylic acids is 4. The highest BCUT2D eigenvalue weighted by molar-refractivity contribution is 7.99. The van der Waals surface area contributed by atoms with Crippen molar-refractivity contribution in [3.05, 3.63) is 35.4 Å². The first-order valence-electron chi connectivity index (χ1n) is 13.2. The number of amides is 3. The Labute approximate surface area is 268 Å². The minimum atomic E-state index is -4.85. The minimum absolute atomic E-state index is 0.00405. The molecule has 19 heteroatoms. The van der Waals surface area contributed by atoms with Crippen LogP contribution in [0.2, 0.25) is 0 Å². The Morgan fingerprint density at radius 1 is 1.11 bits per heavy atom. The summed E-state index contributed by atoms with van der Waals surface area (Å²) in [6.07, 6.45) is 1.68. The van der Waals surface area contributed by atoms with Gasteiger partial charge in [-0.05, 0) is 35.5 Å². The van der Waals surface area contributed by atoms with Crippen LogP contribution in [0.4, 0.5) is 13.2 Å². The molecule has 0 radical (unpaired) electrons. The molecule has 0 aliphatic rings. The minimum Gasteiger partial charge on any atom is -0.480 e. The zero-order valence-corrected chi connectivity index (χ0v) is 26.2. The molecule has 1 aromatic rings. The molecule has 260 valence electrons. The zero-order valence-electron chi connectivity index (χ0n) is 25.4. The van der Waals surface area contributed by atoms with Crippen molar-refractivity contribution in [1.29, 1.82) is 0 Å². The first-order valence-corrected chi connectivity index (χ1v) is 14.4. The van der Waals surface area contributed by atoms with Crippen LogP contribution in [0.5, 0.6) is 0 Å². The maximum absolute atomic E-state index is 12.8. The molecule has 3 amide bonds. The smallest absolute Gasteiger partial charge is 0.423 e. The number of nitrogens with one attached hydrogen (secondary N) is 4. The van der Waals surface area contributed by atoms with Crippen molar-refractivity contribution < 1.29 is 52.2 Å². The molecule has 12 N–H and O–H groups in total. The lowest BCUT2D eigenvalue weighted by molar-refractivity contribution is -0.188. The second-order valence-electron chi connectivity index (χ2n) is 8.60. The highest BCUT2D eigenvalue weighted by Crippen LogP contribution is 2.32. The number of thioether (sulfide) groups is 1. The molecule has 0 saturated carbocycles. The quantitative estimate of drug-likeness (QED) is 0.0357. The third-order valence-corrected chi connectivity index (χ3v) is 6.18. The van der Waals surface area contributed by atoms with Crippen LogP contribution in [0.1, 0.15) is 50.3 Å². The molecule has 0 aliphatic heterocycles. The van der Waals surface area contributed by atoms with Crippen molar-refractivity contribution in [3.63, 3.8) is 0 Å². The number of hydrogen-bond acceptors (Lipinski definition) is 11. The summed E-state index contributed by atoms with van der Waals surface area (Å²) in [5, 5.41) is 21.2. The number of halogens is 3. The Balaban J connectivity index is -0.000000688. The van der Waals surface area contributed by atoms with Gasteiger partial charge in [0.25, 0.3) is 0 Å². The lowest BCUT2D eigenvalue weighted by Crippen LogP contribution is -2.57. The van der Waals surface area contributed by atoms with Gasteiger partial charge in [0.2, 0.25) is 18.2 Å². The van der Waals surface area contributed by atoms with Gasteiger partial charge in [0.05, 0.1) is 6.54 Å². The second-order valence-corrected chi connectivity index (χ2v) is 10.00. The predicted molar refractivity (Wildman–Crippen MR) is 165 cm³/mol. The molecule has 0 fully saturated rings. The summed E-state index contributed by atoms with van der Waals surface area (Å²) in [5.74, 6) is 1.38. The van der Waals surface area contributed by atoms with Gasteiger partial charge in [-0.3, -0.25) is 29.4 Å². The number of hydrogen-bond donors (Lipinski definition) is 9. The van der Waals surface area contributed by atoms with Crippen molar-refractivity contribution in [1.82, 2.24) is 21.5 Å². The Kier molecular flexibility index (Phi) is 26.2. The first-order chi connectivity index (χ1) is 21.5. The van der Waals surface area contributed by atoms with E-state index in [2.05, 4.69) is 41.3 Å². The van der Waals surface area contributed by atoms with Crippen LogP contribution in [0.15, 0.2) is 24.3 Å². The summed E-state index contributed by atoms with van der Waals surface area (Å²) in [6, 6.07) is 2.31. The molecule has 0 heterocycles. The predicted octanol–water partition coefficient (Wildman–Crippen LogP) is -0.296. The average molecular weight is 682 g/mol. The van der Waals surface area contributed by atoms with Gasteiger partial charge in [-0.2, -0.15) is 24.9 Å². The molecule has 1 rings (SSSR count). The Hall–Kier alpha value is -4.22. The number of carboxylic acid groups (broad SMARTS) is 2. The maximum Gasteiger partial charge on any atom is 0.423 e. The summed E-state index contributed by atoms with van der Waals surface area (Å²) in [7, 11) is 0. The van der Waals surface area contributed by atoms with Gasteiger partial charge in [-0.1, -0.05) is 44.0 Å². The molecule has 0 aliphatic carbocycles. The van der Waals surface area contributed by atoms with E-state index in [9.17, 15) is 37.1 Å². The number of carbonyl (C=O) groups is 6. The van der Waals surface area contributed by atoms with Crippen LogP contribution in [-0.4, -0.2) is 84.0 Å². The van der Waals surface area contributed by atoms with Crippen molar-refractivity contribution in [2.24, 2.45) is 17.2 Å². The van der Waals surface area contributed by atoms with E-state index in [-0.39, 0.29) is 30.5 Å². The number of benzene rings is 1. The highest BCUT2D eigenvalue weighted by atomic mass is 32.2. The van der Waals surface area contributed by atoms with Crippen molar-refractivity contribution >= 4 is 48.7 Å². The van der Waals surface area contributed by atoms with Gasteiger partial charge in [0.1, 0.15) is 25.4 Å². The molecule has 46 heavy (non-hydrogen) atoms. The van der Waals surface area contributed by atoms with E-state index in [1.807, 2.05) is 18.6 Å². The summed E-state index contributed by atoms with van der Waals surface area (Å²) >= 11 is 2.01. The molecule has 15 nitrogen and oxygen atoms in total. The number of carboxylic acids is 2. The second kappa shape index (κ2) is 26.0. The number of nitrogens with two attached hydrogens (primary N) is 3. The van der Waals surface area contributed by atoms with Gasteiger partial charge in [-0.25, -0.2) is 5.43 Å². The molecular weight excluding hydrogens is 639 g/mol. The molecule has 1 aromatic carbocycles. The van der Waals surface area contributed by atoms with Gasteiger partial charge in [-0.15, -0.1) is 6.42 Å². The van der Waals surface area contributed by atoms with Crippen LogP contribution in [-0.2, 0) is 34.4 Å². The van der Waals surface area contributed by atoms with Crippen LogP contribution < -0.4 is 38.7 Å². The van der Waals surface area contributed by atoms with Crippen LogP contribution in [0.3, 0.4) is 0 Å². The average Bonchev–Trinajstić information content (AvgIpc) is 3.01.